The number of nitrogens with one attached hydrogen (secondary N) is 1. The van der Waals surface area contributed by atoms with E-state index < -0.39 is 10.0 Å². The Hall–Kier alpha value is 0.390. The van der Waals surface area contributed by atoms with Gasteiger partial charge in [-0.3, -0.25) is 0 Å². The second-order valence-electron chi connectivity index (χ2n) is 3.71. The molecule has 0 radical (unpaired) electrons. The molecule has 0 heterocycles. The van der Waals surface area contributed by atoms with Crippen LogP contribution in [0.1, 0.15) is 33.6 Å². The van der Waals surface area contributed by atoms with Crippen molar-refractivity contribution in [3.8, 4) is 0 Å². The molecule has 0 saturated carbocycles. The molecule has 86 valence electrons. The Morgan fingerprint density at radius 1 is 1.36 bits per heavy atom. The minimum Gasteiger partial charge on any atom is -0.212 e. The van der Waals surface area contributed by atoms with Crippen LogP contribution < -0.4 is 4.72 Å². The second-order valence-corrected chi connectivity index (χ2v) is 6.23. The molecule has 0 bridgehead atoms. The fraction of sp³-hybridized carbons (Fsp3) is 1.00. The molecule has 0 aliphatic heterocycles. The largest absolute Gasteiger partial charge is 0.212 e. The lowest BCUT2D eigenvalue weighted by atomic mass is 10.1. The zero-order valence-corrected chi connectivity index (χ0v) is 11.5. The van der Waals surface area contributed by atoms with Gasteiger partial charge in [-0.2, -0.15) is 0 Å². The van der Waals surface area contributed by atoms with E-state index in [0.29, 0.717) is 5.92 Å². The van der Waals surface area contributed by atoms with E-state index in [0.717, 1.165) is 18.2 Å². The van der Waals surface area contributed by atoms with Gasteiger partial charge in [-0.25, -0.2) is 13.1 Å². The van der Waals surface area contributed by atoms with Crippen molar-refractivity contribution in [3.05, 3.63) is 0 Å². The first-order valence-corrected chi connectivity index (χ1v) is 7.76. The van der Waals surface area contributed by atoms with E-state index in [1.54, 1.807) is 0 Å². The maximum absolute atomic E-state index is 11.5. The van der Waals surface area contributed by atoms with Gasteiger partial charge in [0.15, 0.2) is 0 Å². The summed E-state index contributed by atoms with van der Waals surface area (Å²) in [6.07, 6.45) is 1.63. The molecule has 0 aliphatic carbocycles. The molecule has 2 atom stereocenters. The maximum atomic E-state index is 11.5. The van der Waals surface area contributed by atoms with Gasteiger partial charge in [-0.15, -0.1) is 0 Å². The van der Waals surface area contributed by atoms with Crippen LogP contribution in [0.3, 0.4) is 0 Å². The summed E-state index contributed by atoms with van der Waals surface area (Å²) in [5, 5.41) is 0.810. The Morgan fingerprint density at radius 2 is 1.93 bits per heavy atom. The maximum Gasteiger partial charge on any atom is 0.211 e. The summed E-state index contributed by atoms with van der Waals surface area (Å²) >= 11 is 3.34. The molecule has 0 aromatic rings. The summed E-state index contributed by atoms with van der Waals surface area (Å²) in [6, 6.07) is -0.00349. The summed E-state index contributed by atoms with van der Waals surface area (Å²) in [4.78, 5) is 0. The van der Waals surface area contributed by atoms with E-state index in [1.165, 1.54) is 0 Å². The van der Waals surface area contributed by atoms with Crippen molar-refractivity contribution in [2.45, 2.75) is 39.7 Å². The summed E-state index contributed by atoms with van der Waals surface area (Å²) in [5.74, 6) is 0.550. The van der Waals surface area contributed by atoms with Crippen LogP contribution in [0.15, 0.2) is 0 Å². The Bertz CT molecular complexity index is 241. The van der Waals surface area contributed by atoms with Crippen LogP contribution in [-0.2, 0) is 10.0 Å². The standard InChI is InChI=1S/C9H20BrNO2S/c1-4-5-6-14(12,13)11-9(3)8(2)7-10/h8-9,11H,4-7H2,1-3H3. The van der Waals surface area contributed by atoms with Crippen molar-refractivity contribution >= 4 is 26.0 Å². The third-order valence-electron chi connectivity index (χ3n) is 2.23. The van der Waals surface area contributed by atoms with E-state index in [2.05, 4.69) is 20.7 Å². The highest BCUT2D eigenvalue weighted by atomic mass is 79.9. The van der Waals surface area contributed by atoms with Gasteiger partial charge in [0, 0.05) is 11.4 Å². The van der Waals surface area contributed by atoms with Gasteiger partial charge in [0.05, 0.1) is 5.75 Å². The lowest BCUT2D eigenvalue weighted by Gasteiger charge is -2.19. The van der Waals surface area contributed by atoms with E-state index in [1.807, 2.05) is 20.8 Å². The number of hydrogen-bond acceptors (Lipinski definition) is 2. The summed E-state index contributed by atoms with van der Waals surface area (Å²) < 4.78 is 25.7. The lowest BCUT2D eigenvalue weighted by Crippen LogP contribution is -2.38. The van der Waals surface area contributed by atoms with Crippen molar-refractivity contribution in [1.82, 2.24) is 4.72 Å². The molecule has 0 spiro atoms. The molecule has 0 rings (SSSR count). The van der Waals surface area contributed by atoms with Crippen LogP contribution >= 0.6 is 15.9 Å². The quantitative estimate of drug-likeness (QED) is 0.729. The molecule has 0 amide bonds. The first kappa shape index (κ1) is 14.4. The normalized spacial score (nSPS) is 16.6. The lowest BCUT2D eigenvalue weighted by molar-refractivity contribution is 0.483. The Morgan fingerprint density at radius 3 is 2.36 bits per heavy atom. The van der Waals surface area contributed by atoms with Crippen molar-refractivity contribution in [1.29, 1.82) is 0 Å². The molecule has 0 aromatic heterocycles. The molecular weight excluding hydrogens is 266 g/mol. The predicted octanol–water partition coefficient (Wildman–Crippen LogP) is 2.13. The van der Waals surface area contributed by atoms with Gasteiger partial charge in [-0.05, 0) is 19.3 Å². The number of sulfonamides is 1. The Balaban J connectivity index is 4.08. The highest BCUT2D eigenvalue weighted by Crippen LogP contribution is 2.07. The molecule has 5 heteroatoms. The molecule has 0 saturated heterocycles. The van der Waals surface area contributed by atoms with Crippen LogP contribution in [0.2, 0.25) is 0 Å². The third-order valence-corrected chi connectivity index (χ3v) is 4.81. The first-order chi connectivity index (χ1) is 6.43. The average Bonchev–Trinajstić information content (AvgIpc) is 2.12. The van der Waals surface area contributed by atoms with Gasteiger partial charge in [-0.1, -0.05) is 36.2 Å². The summed E-state index contributed by atoms with van der Waals surface area (Å²) in [6.45, 7) is 5.90. The number of rotatable bonds is 7. The fourth-order valence-corrected chi connectivity index (χ4v) is 3.07. The molecular formula is C9H20BrNO2S. The van der Waals surface area contributed by atoms with E-state index in [9.17, 15) is 8.42 Å². The SMILES string of the molecule is CCCCS(=O)(=O)NC(C)C(C)CBr. The summed E-state index contributed by atoms with van der Waals surface area (Å²) in [7, 11) is -3.07. The van der Waals surface area contributed by atoms with E-state index in [-0.39, 0.29) is 11.8 Å². The zero-order valence-electron chi connectivity index (χ0n) is 9.09. The van der Waals surface area contributed by atoms with Crippen LogP contribution in [0.25, 0.3) is 0 Å². The molecule has 1 N–H and O–H groups in total. The zero-order chi connectivity index (χ0) is 11.2. The highest BCUT2D eigenvalue weighted by Gasteiger charge is 2.17. The molecule has 2 unspecified atom stereocenters. The first-order valence-electron chi connectivity index (χ1n) is 4.99. The average molecular weight is 286 g/mol. The van der Waals surface area contributed by atoms with E-state index in [4.69, 9.17) is 0 Å². The fourth-order valence-electron chi connectivity index (χ4n) is 0.926. The third kappa shape index (κ3) is 5.98. The van der Waals surface area contributed by atoms with Crippen LogP contribution in [-0.4, -0.2) is 25.5 Å². The molecule has 0 aliphatic rings. The van der Waals surface area contributed by atoms with Crippen molar-refractivity contribution in [2.75, 3.05) is 11.1 Å². The van der Waals surface area contributed by atoms with Gasteiger partial charge in [0.25, 0.3) is 0 Å². The minimum absolute atomic E-state index is 0.00349. The molecule has 0 fully saturated rings. The number of unbranched alkanes of at least 4 members (excludes halogenated alkanes) is 1. The van der Waals surface area contributed by atoms with Crippen molar-refractivity contribution in [2.24, 2.45) is 5.92 Å². The van der Waals surface area contributed by atoms with Gasteiger partial charge >= 0.3 is 0 Å². The minimum atomic E-state index is -3.07. The van der Waals surface area contributed by atoms with Crippen LogP contribution in [0.5, 0.6) is 0 Å². The van der Waals surface area contributed by atoms with E-state index >= 15 is 0 Å². The Labute approximate surface area is 95.8 Å². The summed E-state index contributed by atoms with van der Waals surface area (Å²) in [5.41, 5.74) is 0. The number of alkyl halides is 1. The van der Waals surface area contributed by atoms with Gasteiger partial charge in [0.2, 0.25) is 10.0 Å². The van der Waals surface area contributed by atoms with Crippen molar-refractivity contribution < 1.29 is 8.42 Å². The second kappa shape index (κ2) is 6.80. The molecule has 0 aromatic carbocycles. The predicted molar refractivity (Wildman–Crippen MR) is 64.3 cm³/mol. The highest BCUT2D eigenvalue weighted by molar-refractivity contribution is 9.09. The number of halogens is 1. The smallest absolute Gasteiger partial charge is 0.211 e. The molecule has 14 heavy (non-hydrogen) atoms. The van der Waals surface area contributed by atoms with Crippen molar-refractivity contribution in [3.63, 3.8) is 0 Å². The monoisotopic (exact) mass is 285 g/mol. The van der Waals surface area contributed by atoms with Crippen LogP contribution in [0.4, 0.5) is 0 Å². The van der Waals surface area contributed by atoms with Crippen LogP contribution in [0, 0.1) is 5.92 Å². The van der Waals surface area contributed by atoms with Gasteiger partial charge in [0.1, 0.15) is 0 Å². The molecule has 3 nitrogen and oxygen atoms in total. The topological polar surface area (TPSA) is 46.2 Å². The van der Waals surface area contributed by atoms with Gasteiger partial charge < -0.3 is 0 Å². The Kier molecular flexibility index (Phi) is 6.99. The number of hydrogen-bond donors (Lipinski definition) is 1.